The number of amides is 2. The van der Waals surface area contributed by atoms with Crippen LogP contribution in [0.1, 0.15) is 46.0 Å². The predicted molar refractivity (Wildman–Crippen MR) is 61.8 cm³/mol. The molecule has 0 aliphatic heterocycles. The van der Waals surface area contributed by atoms with Crippen molar-refractivity contribution in [2.24, 2.45) is 0 Å². The lowest BCUT2D eigenvalue weighted by molar-refractivity contribution is 0.228. The van der Waals surface area contributed by atoms with Gasteiger partial charge in [0.15, 0.2) is 0 Å². The van der Waals surface area contributed by atoms with E-state index in [4.69, 9.17) is 5.11 Å². The first-order valence-corrected chi connectivity index (χ1v) is 5.89. The van der Waals surface area contributed by atoms with E-state index >= 15 is 0 Å². The molecule has 0 rings (SSSR count). The zero-order valence-electron chi connectivity index (χ0n) is 9.88. The molecule has 0 aromatic carbocycles. The largest absolute Gasteiger partial charge is 0.395 e. The fourth-order valence-corrected chi connectivity index (χ4v) is 1.49. The average Bonchev–Trinajstić information content (AvgIpc) is 2.23. The summed E-state index contributed by atoms with van der Waals surface area (Å²) in [5.74, 6) is 0. The Bertz CT molecular complexity index is 163. The minimum atomic E-state index is -0.168. The van der Waals surface area contributed by atoms with Crippen LogP contribution in [0.5, 0.6) is 0 Å². The Morgan fingerprint density at radius 3 is 2.53 bits per heavy atom. The molecule has 0 aromatic heterocycles. The summed E-state index contributed by atoms with van der Waals surface area (Å²) < 4.78 is 0. The molecule has 0 spiro atoms. The number of hydrogen-bond donors (Lipinski definition) is 3. The third kappa shape index (κ3) is 8.24. The van der Waals surface area contributed by atoms with Crippen LogP contribution in [0.4, 0.5) is 4.79 Å². The maximum absolute atomic E-state index is 11.3. The Morgan fingerprint density at radius 2 is 2.00 bits per heavy atom. The highest BCUT2D eigenvalue weighted by atomic mass is 16.3. The second kappa shape index (κ2) is 9.77. The Balaban J connectivity index is 3.76. The summed E-state index contributed by atoms with van der Waals surface area (Å²) in [4.78, 5) is 11.3. The van der Waals surface area contributed by atoms with Gasteiger partial charge in [-0.25, -0.2) is 4.79 Å². The Hall–Kier alpha value is -0.770. The SMILES string of the molecule is CCCCC(CCC)NC(=O)NCCO. The van der Waals surface area contributed by atoms with E-state index in [-0.39, 0.29) is 18.7 Å². The van der Waals surface area contributed by atoms with Crippen molar-refractivity contribution in [3.05, 3.63) is 0 Å². The smallest absolute Gasteiger partial charge is 0.315 e. The van der Waals surface area contributed by atoms with Crippen LogP contribution in [0, 0.1) is 0 Å². The van der Waals surface area contributed by atoms with Gasteiger partial charge in [-0.1, -0.05) is 33.1 Å². The molecule has 3 N–H and O–H groups in total. The van der Waals surface area contributed by atoms with Gasteiger partial charge in [0.25, 0.3) is 0 Å². The van der Waals surface area contributed by atoms with Gasteiger partial charge in [0.05, 0.1) is 6.61 Å². The van der Waals surface area contributed by atoms with Crippen molar-refractivity contribution < 1.29 is 9.90 Å². The molecule has 0 aliphatic carbocycles. The van der Waals surface area contributed by atoms with Crippen LogP contribution < -0.4 is 10.6 Å². The summed E-state index contributed by atoms with van der Waals surface area (Å²) in [6, 6.07) is 0.104. The van der Waals surface area contributed by atoms with Crippen LogP contribution >= 0.6 is 0 Å². The molecule has 4 heteroatoms. The van der Waals surface area contributed by atoms with Crippen LogP contribution in [0.25, 0.3) is 0 Å². The van der Waals surface area contributed by atoms with E-state index in [9.17, 15) is 4.79 Å². The fourth-order valence-electron chi connectivity index (χ4n) is 1.49. The van der Waals surface area contributed by atoms with Gasteiger partial charge in [-0.3, -0.25) is 0 Å². The highest BCUT2D eigenvalue weighted by molar-refractivity contribution is 5.74. The number of unbranched alkanes of at least 4 members (excludes halogenated alkanes) is 1. The van der Waals surface area contributed by atoms with Crippen LogP contribution in [-0.4, -0.2) is 30.3 Å². The molecule has 0 fully saturated rings. The van der Waals surface area contributed by atoms with E-state index in [1.807, 2.05) is 0 Å². The van der Waals surface area contributed by atoms with Gasteiger partial charge in [-0.05, 0) is 12.8 Å². The van der Waals surface area contributed by atoms with E-state index in [0.717, 1.165) is 32.1 Å². The first-order chi connectivity index (χ1) is 7.24. The first-order valence-electron chi connectivity index (χ1n) is 5.89. The molecule has 15 heavy (non-hydrogen) atoms. The number of carbonyl (C=O) groups excluding carboxylic acids is 1. The highest BCUT2D eigenvalue weighted by Crippen LogP contribution is 2.06. The third-order valence-electron chi connectivity index (χ3n) is 2.28. The molecule has 0 saturated carbocycles. The molecule has 0 bridgehead atoms. The summed E-state index contributed by atoms with van der Waals surface area (Å²) in [7, 11) is 0. The number of carbonyl (C=O) groups is 1. The number of aliphatic hydroxyl groups is 1. The molecule has 0 aromatic rings. The second-order valence-corrected chi connectivity index (χ2v) is 3.75. The molecule has 90 valence electrons. The van der Waals surface area contributed by atoms with Crippen LogP contribution in [0.3, 0.4) is 0 Å². The average molecular weight is 216 g/mol. The molecule has 0 heterocycles. The molecule has 0 saturated heterocycles. The molecule has 2 amide bonds. The zero-order chi connectivity index (χ0) is 11.5. The van der Waals surface area contributed by atoms with Crippen molar-refractivity contribution in [3.63, 3.8) is 0 Å². The van der Waals surface area contributed by atoms with Gasteiger partial charge in [-0.15, -0.1) is 0 Å². The van der Waals surface area contributed by atoms with Crippen molar-refractivity contribution in [2.45, 2.75) is 52.0 Å². The fraction of sp³-hybridized carbons (Fsp3) is 0.909. The van der Waals surface area contributed by atoms with Gasteiger partial charge in [0.1, 0.15) is 0 Å². The van der Waals surface area contributed by atoms with E-state index in [1.54, 1.807) is 0 Å². The van der Waals surface area contributed by atoms with Crippen molar-refractivity contribution in [2.75, 3.05) is 13.2 Å². The van der Waals surface area contributed by atoms with Gasteiger partial charge in [0.2, 0.25) is 0 Å². The number of hydrogen-bond acceptors (Lipinski definition) is 2. The lowest BCUT2D eigenvalue weighted by atomic mass is 10.1. The lowest BCUT2D eigenvalue weighted by Crippen LogP contribution is -2.42. The van der Waals surface area contributed by atoms with Gasteiger partial charge in [0, 0.05) is 12.6 Å². The van der Waals surface area contributed by atoms with E-state index in [1.165, 1.54) is 0 Å². The van der Waals surface area contributed by atoms with Gasteiger partial charge in [-0.2, -0.15) is 0 Å². The van der Waals surface area contributed by atoms with Crippen molar-refractivity contribution in [1.29, 1.82) is 0 Å². The predicted octanol–water partition coefficient (Wildman–Crippen LogP) is 1.64. The van der Waals surface area contributed by atoms with E-state index in [0.29, 0.717) is 6.54 Å². The van der Waals surface area contributed by atoms with E-state index in [2.05, 4.69) is 24.5 Å². The standard InChI is InChI=1S/C11H24N2O2/c1-3-5-7-10(6-4-2)13-11(15)12-8-9-14/h10,14H,3-9H2,1-2H3,(H2,12,13,15). The normalized spacial score (nSPS) is 12.2. The number of rotatable bonds is 8. The number of nitrogens with one attached hydrogen (secondary N) is 2. The molecule has 4 nitrogen and oxygen atoms in total. The molecule has 0 radical (unpaired) electrons. The zero-order valence-corrected chi connectivity index (χ0v) is 9.88. The molecular weight excluding hydrogens is 192 g/mol. The highest BCUT2D eigenvalue weighted by Gasteiger charge is 2.09. The summed E-state index contributed by atoms with van der Waals surface area (Å²) >= 11 is 0. The maximum atomic E-state index is 11.3. The minimum Gasteiger partial charge on any atom is -0.395 e. The van der Waals surface area contributed by atoms with Crippen molar-refractivity contribution in [3.8, 4) is 0 Å². The Kier molecular flexibility index (Phi) is 9.27. The maximum Gasteiger partial charge on any atom is 0.315 e. The van der Waals surface area contributed by atoms with Crippen molar-refractivity contribution >= 4 is 6.03 Å². The van der Waals surface area contributed by atoms with Crippen LogP contribution in [0.2, 0.25) is 0 Å². The third-order valence-corrected chi connectivity index (χ3v) is 2.28. The summed E-state index contributed by atoms with van der Waals surface area (Å²) in [5, 5.41) is 14.1. The molecule has 1 atom stereocenters. The van der Waals surface area contributed by atoms with E-state index < -0.39 is 0 Å². The monoisotopic (exact) mass is 216 g/mol. The summed E-state index contributed by atoms with van der Waals surface area (Å²) in [6.45, 7) is 4.57. The van der Waals surface area contributed by atoms with Crippen molar-refractivity contribution in [1.82, 2.24) is 10.6 Å². The Labute approximate surface area is 92.4 Å². The van der Waals surface area contributed by atoms with Gasteiger partial charge >= 0.3 is 6.03 Å². The molecule has 0 aliphatic rings. The second-order valence-electron chi connectivity index (χ2n) is 3.75. The number of aliphatic hydroxyl groups excluding tert-OH is 1. The van der Waals surface area contributed by atoms with Gasteiger partial charge < -0.3 is 15.7 Å². The quantitative estimate of drug-likeness (QED) is 0.577. The van der Waals surface area contributed by atoms with Crippen LogP contribution in [-0.2, 0) is 0 Å². The molecule has 1 unspecified atom stereocenters. The topological polar surface area (TPSA) is 61.4 Å². The first kappa shape index (κ1) is 14.2. The lowest BCUT2D eigenvalue weighted by Gasteiger charge is -2.17. The number of urea groups is 1. The Morgan fingerprint density at radius 1 is 1.27 bits per heavy atom. The summed E-state index contributed by atoms with van der Waals surface area (Å²) in [6.07, 6.45) is 5.43. The van der Waals surface area contributed by atoms with Crippen LogP contribution in [0.15, 0.2) is 0 Å². The summed E-state index contributed by atoms with van der Waals surface area (Å²) in [5.41, 5.74) is 0. The minimum absolute atomic E-state index is 0.0131. The molecular formula is C11H24N2O2.